The molecule has 0 unspecified atom stereocenters. The summed E-state index contributed by atoms with van der Waals surface area (Å²) in [6.45, 7) is 7.44. The summed E-state index contributed by atoms with van der Waals surface area (Å²) < 4.78 is 39.1. The van der Waals surface area contributed by atoms with Crippen molar-refractivity contribution in [1.82, 2.24) is 9.62 Å². The van der Waals surface area contributed by atoms with Crippen molar-refractivity contribution in [3.8, 4) is 0 Å². The second kappa shape index (κ2) is 13.8. The SMILES string of the molecule is CCNc1ccc(S(=O)(=O)N(CC(C)C)C[C@@H](O)[C@H](Cc2ccccc2)NC(=O)O[C@H]2CCOC2)cc1. The van der Waals surface area contributed by atoms with Crippen LogP contribution >= 0.6 is 0 Å². The van der Waals surface area contributed by atoms with Crippen LogP contribution in [0.25, 0.3) is 0 Å². The Bertz CT molecular complexity index is 1070. The Morgan fingerprint density at radius 1 is 1.14 bits per heavy atom. The molecule has 1 saturated heterocycles. The lowest BCUT2D eigenvalue weighted by molar-refractivity contribution is 0.0644. The molecule has 10 heteroatoms. The van der Waals surface area contributed by atoms with Gasteiger partial charge in [0, 0.05) is 31.7 Å². The van der Waals surface area contributed by atoms with Crippen LogP contribution in [0.2, 0.25) is 0 Å². The van der Waals surface area contributed by atoms with E-state index in [0.29, 0.717) is 26.1 Å². The third-order valence-electron chi connectivity index (χ3n) is 6.06. The topological polar surface area (TPSA) is 117 Å². The van der Waals surface area contributed by atoms with Crippen molar-refractivity contribution >= 4 is 21.8 Å². The molecule has 204 valence electrons. The maximum atomic E-state index is 13.6. The van der Waals surface area contributed by atoms with Gasteiger partial charge in [0.25, 0.3) is 0 Å². The number of amides is 1. The molecule has 0 aromatic heterocycles. The Morgan fingerprint density at radius 3 is 2.43 bits per heavy atom. The fourth-order valence-corrected chi connectivity index (χ4v) is 5.83. The van der Waals surface area contributed by atoms with Crippen LogP contribution in [0.15, 0.2) is 59.5 Å². The summed E-state index contributed by atoms with van der Waals surface area (Å²) in [4.78, 5) is 12.8. The number of nitrogens with one attached hydrogen (secondary N) is 2. The van der Waals surface area contributed by atoms with Gasteiger partial charge in [0.2, 0.25) is 10.0 Å². The van der Waals surface area contributed by atoms with Crippen LogP contribution in [0.1, 0.15) is 32.8 Å². The summed E-state index contributed by atoms with van der Waals surface area (Å²) in [5.74, 6) is 0.0240. The van der Waals surface area contributed by atoms with E-state index < -0.39 is 28.3 Å². The van der Waals surface area contributed by atoms with Gasteiger partial charge < -0.3 is 25.2 Å². The lowest BCUT2D eigenvalue weighted by Crippen LogP contribution is -2.51. The Morgan fingerprint density at radius 2 is 1.84 bits per heavy atom. The molecule has 1 aliphatic rings. The van der Waals surface area contributed by atoms with Crippen LogP contribution in [0, 0.1) is 5.92 Å². The third-order valence-corrected chi connectivity index (χ3v) is 7.91. The standard InChI is InChI=1S/C27H39N3O6S/c1-4-28-22-10-12-24(13-11-22)37(33,34)30(17-20(2)3)18-26(31)25(16-21-8-6-5-7-9-21)29-27(32)36-23-14-15-35-19-23/h5-13,20,23,25-26,28,31H,4,14-19H2,1-3H3,(H,29,32)/t23-,25-,26+/m0/s1. The van der Waals surface area contributed by atoms with Gasteiger partial charge in [0.1, 0.15) is 6.10 Å². The van der Waals surface area contributed by atoms with Gasteiger partial charge in [-0.1, -0.05) is 44.2 Å². The van der Waals surface area contributed by atoms with Crippen molar-refractivity contribution in [2.24, 2.45) is 5.92 Å². The first kappa shape index (κ1) is 28.9. The minimum absolute atomic E-state index is 0.0240. The van der Waals surface area contributed by atoms with E-state index in [-0.39, 0.29) is 30.0 Å². The van der Waals surface area contributed by atoms with Crippen LogP contribution in [0.3, 0.4) is 0 Å². The molecule has 2 aromatic carbocycles. The number of hydrogen-bond acceptors (Lipinski definition) is 7. The highest BCUT2D eigenvalue weighted by Crippen LogP contribution is 2.21. The molecule has 3 N–H and O–H groups in total. The van der Waals surface area contributed by atoms with Gasteiger partial charge in [0.05, 0.1) is 30.3 Å². The van der Waals surface area contributed by atoms with Crippen molar-refractivity contribution < 1.29 is 27.8 Å². The fourth-order valence-electron chi connectivity index (χ4n) is 4.21. The largest absolute Gasteiger partial charge is 0.444 e. The summed E-state index contributed by atoms with van der Waals surface area (Å²) in [6.07, 6.45) is -1.25. The number of hydrogen-bond donors (Lipinski definition) is 3. The molecule has 2 aromatic rings. The summed E-state index contributed by atoms with van der Waals surface area (Å²) >= 11 is 0. The van der Waals surface area contributed by atoms with Crippen LogP contribution < -0.4 is 10.6 Å². The van der Waals surface area contributed by atoms with Crippen molar-refractivity contribution in [2.75, 3.05) is 38.2 Å². The molecule has 1 amide bonds. The number of ether oxygens (including phenoxy) is 2. The molecule has 37 heavy (non-hydrogen) atoms. The minimum Gasteiger partial charge on any atom is -0.444 e. The molecule has 0 saturated carbocycles. The normalized spacial score (nSPS) is 17.5. The average molecular weight is 534 g/mol. The molecule has 3 atom stereocenters. The zero-order valence-corrected chi connectivity index (χ0v) is 22.6. The molecule has 0 spiro atoms. The van der Waals surface area contributed by atoms with Crippen molar-refractivity contribution in [1.29, 1.82) is 0 Å². The number of carbonyl (C=O) groups excluding carboxylic acids is 1. The first-order valence-electron chi connectivity index (χ1n) is 12.8. The van der Waals surface area contributed by atoms with Gasteiger partial charge in [0.15, 0.2) is 0 Å². The van der Waals surface area contributed by atoms with Gasteiger partial charge in [-0.3, -0.25) is 0 Å². The van der Waals surface area contributed by atoms with E-state index in [4.69, 9.17) is 9.47 Å². The first-order chi connectivity index (χ1) is 17.7. The van der Waals surface area contributed by atoms with Gasteiger partial charge in [-0.25, -0.2) is 13.2 Å². The Kier molecular flexibility index (Phi) is 10.7. The van der Waals surface area contributed by atoms with E-state index in [1.54, 1.807) is 24.3 Å². The number of rotatable bonds is 13. The predicted molar refractivity (Wildman–Crippen MR) is 143 cm³/mol. The van der Waals surface area contributed by atoms with Crippen LogP contribution in [0.4, 0.5) is 10.5 Å². The van der Waals surface area contributed by atoms with Crippen molar-refractivity contribution in [3.05, 3.63) is 60.2 Å². The lowest BCUT2D eigenvalue weighted by atomic mass is 10.0. The quantitative estimate of drug-likeness (QED) is 0.362. The average Bonchev–Trinajstić information content (AvgIpc) is 3.37. The number of benzene rings is 2. The molecule has 1 heterocycles. The monoisotopic (exact) mass is 533 g/mol. The highest BCUT2D eigenvalue weighted by molar-refractivity contribution is 7.89. The van der Waals surface area contributed by atoms with Crippen LogP contribution in [-0.4, -0.2) is 75.0 Å². The van der Waals surface area contributed by atoms with Gasteiger partial charge in [-0.15, -0.1) is 0 Å². The second-order valence-electron chi connectivity index (χ2n) is 9.67. The fraction of sp³-hybridized carbons (Fsp3) is 0.519. The number of alkyl carbamates (subject to hydrolysis) is 1. The second-order valence-corrected chi connectivity index (χ2v) is 11.6. The Labute approximate surface area is 220 Å². The van der Waals surface area contributed by atoms with Gasteiger partial charge in [-0.05, 0) is 49.1 Å². The zero-order valence-electron chi connectivity index (χ0n) is 21.8. The number of aliphatic hydroxyl groups is 1. The zero-order chi connectivity index (χ0) is 26.8. The molecule has 3 rings (SSSR count). The summed E-state index contributed by atoms with van der Waals surface area (Å²) in [5, 5.41) is 17.2. The number of carbonyl (C=O) groups is 1. The first-order valence-corrected chi connectivity index (χ1v) is 14.2. The van der Waals surface area contributed by atoms with E-state index in [1.165, 1.54) is 4.31 Å². The van der Waals surface area contributed by atoms with Crippen molar-refractivity contribution in [3.63, 3.8) is 0 Å². The molecule has 0 bridgehead atoms. The maximum absolute atomic E-state index is 13.6. The smallest absolute Gasteiger partial charge is 0.407 e. The van der Waals surface area contributed by atoms with Gasteiger partial charge in [-0.2, -0.15) is 4.31 Å². The Balaban J connectivity index is 1.79. The molecule has 0 radical (unpaired) electrons. The Hall–Kier alpha value is -2.66. The predicted octanol–water partition coefficient (Wildman–Crippen LogP) is 3.25. The van der Waals surface area contributed by atoms with E-state index in [9.17, 15) is 18.3 Å². The lowest BCUT2D eigenvalue weighted by Gasteiger charge is -2.30. The number of anilines is 1. The molecular formula is C27H39N3O6S. The van der Waals surface area contributed by atoms with Crippen molar-refractivity contribution in [2.45, 2.75) is 56.8 Å². The molecule has 9 nitrogen and oxygen atoms in total. The summed E-state index contributed by atoms with van der Waals surface area (Å²) in [6, 6.07) is 15.2. The van der Waals surface area contributed by atoms with E-state index in [1.807, 2.05) is 51.1 Å². The number of sulfonamides is 1. The maximum Gasteiger partial charge on any atom is 0.407 e. The van der Waals surface area contributed by atoms with E-state index in [2.05, 4.69) is 10.6 Å². The molecule has 0 aliphatic carbocycles. The third kappa shape index (κ3) is 8.70. The van der Waals surface area contributed by atoms with Crippen LogP contribution in [0.5, 0.6) is 0 Å². The minimum atomic E-state index is -3.89. The molecule has 1 fully saturated rings. The highest BCUT2D eigenvalue weighted by atomic mass is 32.2. The van der Waals surface area contributed by atoms with Crippen LogP contribution in [-0.2, 0) is 25.9 Å². The van der Waals surface area contributed by atoms with E-state index in [0.717, 1.165) is 17.8 Å². The molecular weight excluding hydrogens is 494 g/mol. The molecule has 1 aliphatic heterocycles. The summed E-state index contributed by atoms with van der Waals surface area (Å²) in [7, 11) is -3.89. The number of aliphatic hydroxyl groups excluding tert-OH is 1. The number of nitrogens with zero attached hydrogens (tertiary/aromatic N) is 1. The van der Waals surface area contributed by atoms with Gasteiger partial charge >= 0.3 is 6.09 Å². The summed E-state index contributed by atoms with van der Waals surface area (Å²) in [5.41, 5.74) is 1.73. The highest BCUT2D eigenvalue weighted by Gasteiger charge is 2.32. The van der Waals surface area contributed by atoms with E-state index >= 15 is 0 Å².